The molecule has 0 unspecified atom stereocenters. The van der Waals surface area contributed by atoms with Crippen LogP contribution in [0.2, 0.25) is 0 Å². The molecule has 1 atom stereocenters. The Kier molecular flexibility index (Phi) is 4.23. The minimum atomic E-state index is -0.324. The summed E-state index contributed by atoms with van der Waals surface area (Å²) in [7, 11) is 0. The summed E-state index contributed by atoms with van der Waals surface area (Å²) in [6.45, 7) is 2.14. The second-order valence-electron chi connectivity index (χ2n) is 6.39. The van der Waals surface area contributed by atoms with Gasteiger partial charge in [-0.1, -0.05) is 6.07 Å². The van der Waals surface area contributed by atoms with E-state index in [1.54, 1.807) is 6.07 Å². The summed E-state index contributed by atoms with van der Waals surface area (Å²) in [4.78, 5) is 2.52. The average Bonchev–Trinajstić information content (AvgIpc) is 2.94. The molecule has 112 valence electrons. The van der Waals surface area contributed by atoms with Gasteiger partial charge in [0.15, 0.2) is 0 Å². The maximum Gasteiger partial charge on any atom is 0.124 e. The van der Waals surface area contributed by atoms with Gasteiger partial charge < -0.3 is 5.73 Å². The third-order valence-electron chi connectivity index (χ3n) is 5.04. The van der Waals surface area contributed by atoms with Gasteiger partial charge in [-0.15, -0.1) is 0 Å². The van der Waals surface area contributed by atoms with Gasteiger partial charge in [0.05, 0.1) is 11.6 Å². The molecule has 0 spiro atoms. The van der Waals surface area contributed by atoms with Crippen molar-refractivity contribution in [3.05, 3.63) is 35.1 Å². The number of nitrogens with zero attached hydrogens (tertiary/aromatic N) is 2. The minimum Gasteiger partial charge on any atom is -0.326 e. The van der Waals surface area contributed by atoms with Crippen LogP contribution in [0.4, 0.5) is 4.39 Å². The SMILES string of the molecule is N#Cc1cc(F)ccc1C1CCC(N2CC[C@@H](N)C2)CC1. The Morgan fingerprint density at radius 1 is 1.19 bits per heavy atom. The quantitative estimate of drug-likeness (QED) is 0.910. The molecule has 2 N–H and O–H groups in total. The topological polar surface area (TPSA) is 53.0 Å². The predicted octanol–water partition coefficient (Wildman–Crippen LogP) is 2.76. The normalized spacial score (nSPS) is 30.2. The molecule has 1 saturated heterocycles. The summed E-state index contributed by atoms with van der Waals surface area (Å²) >= 11 is 0. The molecular formula is C17H22FN3. The van der Waals surface area contributed by atoms with Crippen LogP contribution in [0.15, 0.2) is 18.2 Å². The third kappa shape index (κ3) is 3.09. The lowest BCUT2D eigenvalue weighted by molar-refractivity contribution is 0.180. The summed E-state index contributed by atoms with van der Waals surface area (Å²) in [5.74, 6) is 0.0721. The van der Waals surface area contributed by atoms with Crippen LogP contribution in [0.25, 0.3) is 0 Å². The molecule has 0 bridgehead atoms. The molecule has 0 aromatic heterocycles. The zero-order valence-corrected chi connectivity index (χ0v) is 12.3. The number of rotatable bonds is 2. The maximum atomic E-state index is 13.2. The van der Waals surface area contributed by atoms with E-state index >= 15 is 0 Å². The number of halogens is 1. The van der Waals surface area contributed by atoms with Crippen molar-refractivity contribution in [3.8, 4) is 6.07 Å². The number of hydrogen-bond acceptors (Lipinski definition) is 3. The van der Waals surface area contributed by atoms with Crippen LogP contribution in [-0.4, -0.2) is 30.1 Å². The zero-order chi connectivity index (χ0) is 14.8. The van der Waals surface area contributed by atoms with Gasteiger partial charge in [0.25, 0.3) is 0 Å². The van der Waals surface area contributed by atoms with Crippen molar-refractivity contribution in [2.24, 2.45) is 5.73 Å². The van der Waals surface area contributed by atoms with Crippen molar-refractivity contribution < 1.29 is 4.39 Å². The van der Waals surface area contributed by atoms with Crippen molar-refractivity contribution in [1.29, 1.82) is 5.26 Å². The highest BCUT2D eigenvalue weighted by molar-refractivity contribution is 5.40. The molecule has 4 heteroatoms. The van der Waals surface area contributed by atoms with Crippen molar-refractivity contribution in [1.82, 2.24) is 4.90 Å². The van der Waals surface area contributed by atoms with Crippen LogP contribution >= 0.6 is 0 Å². The van der Waals surface area contributed by atoms with Crippen LogP contribution < -0.4 is 5.73 Å². The van der Waals surface area contributed by atoms with Gasteiger partial charge in [0, 0.05) is 25.2 Å². The van der Waals surface area contributed by atoms with E-state index in [0.29, 0.717) is 23.6 Å². The minimum absolute atomic E-state index is 0.324. The molecule has 3 rings (SSSR count). The Bertz CT molecular complexity index is 543. The van der Waals surface area contributed by atoms with Gasteiger partial charge >= 0.3 is 0 Å². The molecule has 3 nitrogen and oxygen atoms in total. The lowest BCUT2D eigenvalue weighted by Crippen LogP contribution is -2.37. The Morgan fingerprint density at radius 2 is 1.95 bits per heavy atom. The Hall–Kier alpha value is -1.44. The molecule has 1 aliphatic carbocycles. The van der Waals surface area contributed by atoms with Crippen molar-refractivity contribution >= 4 is 0 Å². The highest BCUT2D eigenvalue weighted by Gasteiger charge is 2.31. The average molecular weight is 287 g/mol. The van der Waals surface area contributed by atoms with Crippen LogP contribution in [-0.2, 0) is 0 Å². The number of nitriles is 1. The van der Waals surface area contributed by atoms with Crippen molar-refractivity contribution in [3.63, 3.8) is 0 Å². The van der Waals surface area contributed by atoms with Gasteiger partial charge in [-0.3, -0.25) is 4.90 Å². The number of benzene rings is 1. The summed E-state index contributed by atoms with van der Waals surface area (Å²) in [6, 6.07) is 7.75. The van der Waals surface area contributed by atoms with Crippen LogP contribution in [0, 0.1) is 17.1 Å². The van der Waals surface area contributed by atoms with E-state index in [2.05, 4.69) is 11.0 Å². The van der Waals surface area contributed by atoms with Gasteiger partial charge in [0.1, 0.15) is 5.82 Å². The van der Waals surface area contributed by atoms with Gasteiger partial charge in [-0.25, -0.2) is 4.39 Å². The Morgan fingerprint density at radius 3 is 2.57 bits per heavy atom. The molecule has 0 radical (unpaired) electrons. The third-order valence-corrected chi connectivity index (χ3v) is 5.04. The molecule has 1 saturated carbocycles. The van der Waals surface area contributed by atoms with E-state index in [4.69, 9.17) is 5.73 Å². The van der Waals surface area contributed by atoms with Gasteiger partial charge in [-0.2, -0.15) is 5.26 Å². The molecule has 1 aromatic rings. The van der Waals surface area contributed by atoms with E-state index in [1.165, 1.54) is 12.1 Å². The fraction of sp³-hybridized carbons (Fsp3) is 0.588. The zero-order valence-electron chi connectivity index (χ0n) is 12.3. The van der Waals surface area contributed by atoms with E-state index in [-0.39, 0.29) is 5.82 Å². The van der Waals surface area contributed by atoms with Crippen molar-refractivity contribution in [2.75, 3.05) is 13.1 Å². The second-order valence-corrected chi connectivity index (χ2v) is 6.39. The van der Waals surface area contributed by atoms with Crippen LogP contribution in [0.5, 0.6) is 0 Å². The van der Waals surface area contributed by atoms with Crippen LogP contribution in [0.3, 0.4) is 0 Å². The first-order valence-electron chi connectivity index (χ1n) is 7.86. The predicted molar refractivity (Wildman–Crippen MR) is 80.3 cm³/mol. The number of nitrogens with two attached hydrogens (primary N) is 1. The lowest BCUT2D eigenvalue weighted by atomic mass is 9.80. The molecule has 21 heavy (non-hydrogen) atoms. The highest BCUT2D eigenvalue weighted by atomic mass is 19.1. The fourth-order valence-corrected chi connectivity index (χ4v) is 3.88. The number of hydrogen-bond donors (Lipinski definition) is 1. The monoisotopic (exact) mass is 287 g/mol. The second kappa shape index (κ2) is 6.13. The standard InChI is InChI=1S/C17H22FN3/c18-14-3-6-17(13(9-14)10-19)12-1-4-16(5-2-12)21-8-7-15(20)11-21/h3,6,9,12,15-16H,1-2,4-5,7-8,11,20H2/t12?,15-,16?/m1/s1. The summed E-state index contributed by atoms with van der Waals surface area (Å²) in [5, 5.41) is 9.19. The van der Waals surface area contributed by atoms with E-state index in [1.807, 2.05) is 0 Å². The maximum absolute atomic E-state index is 13.2. The van der Waals surface area contributed by atoms with E-state index in [9.17, 15) is 9.65 Å². The van der Waals surface area contributed by atoms with Gasteiger partial charge in [-0.05, 0) is 55.7 Å². The molecular weight excluding hydrogens is 265 g/mol. The molecule has 1 aliphatic heterocycles. The fourth-order valence-electron chi connectivity index (χ4n) is 3.88. The van der Waals surface area contributed by atoms with E-state index in [0.717, 1.165) is 50.8 Å². The summed E-state index contributed by atoms with van der Waals surface area (Å²) in [6.07, 6.45) is 5.57. The largest absolute Gasteiger partial charge is 0.326 e. The Labute approximate surface area is 125 Å². The molecule has 0 amide bonds. The molecule has 1 heterocycles. The Balaban J connectivity index is 1.65. The smallest absolute Gasteiger partial charge is 0.124 e. The highest BCUT2D eigenvalue weighted by Crippen LogP contribution is 2.37. The van der Waals surface area contributed by atoms with Gasteiger partial charge in [0.2, 0.25) is 0 Å². The van der Waals surface area contributed by atoms with E-state index < -0.39 is 0 Å². The van der Waals surface area contributed by atoms with Crippen molar-refractivity contribution in [2.45, 2.75) is 50.1 Å². The van der Waals surface area contributed by atoms with Crippen LogP contribution in [0.1, 0.15) is 49.1 Å². The summed E-state index contributed by atoms with van der Waals surface area (Å²) in [5.41, 5.74) is 7.51. The first-order valence-corrected chi connectivity index (χ1v) is 7.86. The molecule has 2 fully saturated rings. The molecule has 1 aromatic carbocycles. The number of likely N-dealkylation sites (tertiary alicyclic amines) is 1. The lowest BCUT2D eigenvalue weighted by Gasteiger charge is -2.35. The first kappa shape index (κ1) is 14.5. The first-order chi connectivity index (χ1) is 10.2. The molecule has 2 aliphatic rings. The summed E-state index contributed by atoms with van der Waals surface area (Å²) < 4.78 is 13.2.